The number of hydrogen-bond acceptors (Lipinski definition) is 5. The predicted octanol–water partition coefficient (Wildman–Crippen LogP) is 1.34. The third-order valence-corrected chi connectivity index (χ3v) is 3.11. The van der Waals surface area contributed by atoms with E-state index in [0.717, 1.165) is 17.8 Å². The number of carbonyl (C=O) groups excluding carboxylic acids is 1. The lowest BCUT2D eigenvalue weighted by atomic mass is 10.0. The SMILES string of the molecule is CC(=O)SCC(O)C(O)c1cc(O)c(F)c(F)c1. The highest BCUT2D eigenvalue weighted by molar-refractivity contribution is 8.13. The summed E-state index contributed by atoms with van der Waals surface area (Å²) in [6, 6.07) is 1.51. The van der Waals surface area contributed by atoms with Crippen molar-refractivity contribution < 1.29 is 28.9 Å². The highest BCUT2D eigenvalue weighted by atomic mass is 32.2. The number of phenolic OH excluding ortho intramolecular Hbond substituents is 1. The van der Waals surface area contributed by atoms with E-state index in [9.17, 15) is 23.8 Å². The van der Waals surface area contributed by atoms with E-state index in [1.54, 1.807) is 0 Å². The normalized spacial score (nSPS) is 14.3. The van der Waals surface area contributed by atoms with E-state index in [1.807, 2.05) is 0 Å². The van der Waals surface area contributed by atoms with Crippen molar-refractivity contribution in [3.8, 4) is 5.75 Å². The Hall–Kier alpha value is -1.18. The van der Waals surface area contributed by atoms with Crippen LogP contribution in [0.4, 0.5) is 8.78 Å². The summed E-state index contributed by atoms with van der Waals surface area (Å²) in [5.41, 5.74) is -0.164. The fraction of sp³-hybridized carbons (Fsp3) is 0.364. The van der Waals surface area contributed by atoms with Gasteiger partial charge in [0.2, 0.25) is 0 Å². The minimum absolute atomic E-state index is 0.0870. The largest absolute Gasteiger partial charge is 0.505 e. The molecule has 0 saturated carbocycles. The predicted molar refractivity (Wildman–Crippen MR) is 62.1 cm³/mol. The third kappa shape index (κ3) is 3.66. The van der Waals surface area contributed by atoms with Gasteiger partial charge in [-0.1, -0.05) is 11.8 Å². The van der Waals surface area contributed by atoms with Gasteiger partial charge in [-0.3, -0.25) is 4.79 Å². The quantitative estimate of drug-likeness (QED) is 0.775. The molecule has 18 heavy (non-hydrogen) atoms. The zero-order valence-corrected chi connectivity index (χ0v) is 10.2. The topological polar surface area (TPSA) is 77.8 Å². The van der Waals surface area contributed by atoms with E-state index in [1.165, 1.54) is 6.92 Å². The highest BCUT2D eigenvalue weighted by Crippen LogP contribution is 2.27. The number of phenols is 1. The number of rotatable bonds is 4. The maximum atomic E-state index is 13.0. The van der Waals surface area contributed by atoms with Crippen molar-refractivity contribution in [3.63, 3.8) is 0 Å². The van der Waals surface area contributed by atoms with Gasteiger partial charge >= 0.3 is 0 Å². The number of halogens is 2. The molecule has 0 aromatic heterocycles. The molecule has 0 aliphatic carbocycles. The van der Waals surface area contributed by atoms with Crippen LogP contribution in [0.5, 0.6) is 5.75 Å². The third-order valence-electron chi connectivity index (χ3n) is 2.19. The fourth-order valence-electron chi connectivity index (χ4n) is 1.28. The molecule has 1 rings (SSSR count). The second-order valence-corrected chi connectivity index (χ2v) is 4.85. The van der Waals surface area contributed by atoms with Gasteiger partial charge in [-0.05, 0) is 17.7 Å². The average Bonchev–Trinajstić information content (AvgIpc) is 2.31. The van der Waals surface area contributed by atoms with Crippen LogP contribution in [0.2, 0.25) is 0 Å². The molecule has 3 N–H and O–H groups in total. The first-order valence-corrected chi connectivity index (χ1v) is 5.99. The number of aliphatic hydroxyl groups is 2. The van der Waals surface area contributed by atoms with Crippen LogP contribution in [0.1, 0.15) is 18.6 Å². The van der Waals surface area contributed by atoms with Crippen LogP contribution in [0.15, 0.2) is 12.1 Å². The minimum Gasteiger partial charge on any atom is -0.505 e. The molecular formula is C11H12F2O4S. The smallest absolute Gasteiger partial charge is 0.200 e. The highest BCUT2D eigenvalue weighted by Gasteiger charge is 2.22. The summed E-state index contributed by atoms with van der Waals surface area (Å²) in [4.78, 5) is 10.7. The summed E-state index contributed by atoms with van der Waals surface area (Å²) in [6.07, 6.45) is -2.85. The first-order valence-electron chi connectivity index (χ1n) is 5.00. The van der Waals surface area contributed by atoms with E-state index in [2.05, 4.69) is 0 Å². The van der Waals surface area contributed by atoms with Crippen molar-refractivity contribution in [1.29, 1.82) is 0 Å². The van der Waals surface area contributed by atoms with Gasteiger partial charge in [0.1, 0.15) is 6.10 Å². The van der Waals surface area contributed by atoms with Crippen LogP contribution < -0.4 is 0 Å². The summed E-state index contributed by atoms with van der Waals surface area (Å²) in [5.74, 6) is -3.78. The lowest BCUT2D eigenvalue weighted by molar-refractivity contribution is -0.109. The molecule has 2 unspecified atom stereocenters. The molecule has 0 aliphatic heterocycles. The Kier molecular flexibility index (Phi) is 5.06. The van der Waals surface area contributed by atoms with Crippen molar-refractivity contribution in [2.45, 2.75) is 19.1 Å². The number of aliphatic hydroxyl groups excluding tert-OH is 2. The van der Waals surface area contributed by atoms with Gasteiger partial charge in [-0.2, -0.15) is 4.39 Å². The molecule has 4 nitrogen and oxygen atoms in total. The van der Waals surface area contributed by atoms with Crippen LogP contribution in [-0.2, 0) is 4.79 Å². The Labute approximate surface area is 106 Å². The van der Waals surface area contributed by atoms with E-state index in [4.69, 9.17) is 5.11 Å². The van der Waals surface area contributed by atoms with Gasteiger partial charge in [-0.15, -0.1) is 0 Å². The molecule has 2 atom stereocenters. The average molecular weight is 278 g/mol. The number of carbonyl (C=O) groups is 1. The summed E-state index contributed by atoms with van der Waals surface area (Å²) < 4.78 is 25.8. The molecule has 0 aliphatic rings. The molecule has 100 valence electrons. The van der Waals surface area contributed by atoms with Gasteiger partial charge in [0.15, 0.2) is 22.5 Å². The van der Waals surface area contributed by atoms with Crippen LogP contribution >= 0.6 is 11.8 Å². The standard InChI is InChI=1S/C11H12F2O4S/c1-5(14)18-4-9(16)11(17)6-2-7(12)10(13)8(15)3-6/h2-3,9,11,15-17H,4H2,1H3. The molecular weight excluding hydrogens is 266 g/mol. The molecule has 0 spiro atoms. The Bertz CT molecular complexity index is 430. The summed E-state index contributed by atoms with van der Waals surface area (Å²) in [5, 5.41) is 28.0. The number of hydrogen-bond donors (Lipinski definition) is 3. The molecule has 7 heteroatoms. The molecule has 0 radical (unpaired) electrons. The van der Waals surface area contributed by atoms with Crippen LogP contribution in [-0.4, -0.2) is 32.3 Å². The molecule has 0 fully saturated rings. The number of aromatic hydroxyl groups is 1. The van der Waals surface area contributed by atoms with Crippen molar-refractivity contribution in [2.24, 2.45) is 0 Å². The first-order chi connectivity index (χ1) is 8.32. The van der Waals surface area contributed by atoms with Crippen molar-refractivity contribution in [1.82, 2.24) is 0 Å². The summed E-state index contributed by atoms with van der Waals surface area (Å²) in [6.45, 7) is 1.30. The number of benzene rings is 1. The molecule has 0 bridgehead atoms. The van der Waals surface area contributed by atoms with Gasteiger partial charge in [0, 0.05) is 12.7 Å². The fourth-order valence-corrected chi connectivity index (χ4v) is 1.87. The van der Waals surface area contributed by atoms with Gasteiger partial charge < -0.3 is 15.3 Å². The lowest BCUT2D eigenvalue weighted by Gasteiger charge is -2.17. The lowest BCUT2D eigenvalue weighted by Crippen LogP contribution is -2.21. The first kappa shape index (κ1) is 14.9. The van der Waals surface area contributed by atoms with Crippen molar-refractivity contribution >= 4 is 16.9 Å². The van der Waals surface area contributed by atoms with Crippen molar-refractivity contribution in [2.75, 3.05) is 5.75 Å². The monoisotopic (exact) mass is 278 g/mol. The molecule has 0 heterocycles. The molecule has 0 amide bonds. The Morgan fingerprint density at radius 2 is 2.00 bits per heavy atom. The zero-order valence-electron chi connectivity index (χ0n) is 9.43. The van der Waals surface area contributed by atoms with E-state index in [0.29, 0.717) is 6.07 Å². The molecule has 1 aromatic rings. The number of thioether (sulfide) groups is 1. The van der Waals surface area contributed by atoms with Crippen molar-refractivity contribution in [3.05, 3.63) is 29.3 Å². The van der Waals surface area contributed by atoms with Gasteiger partial charge in [0.25, 0.3) is 0 Å². The molecule has 1 aromatic carbocycles. The maximum absolute atomic E-state index is 13.0. The van der Waals surface area contributed by atoms with Crippen LogP contribution in [0.25, 0.3) is 0 Å². The van der Waals surface area contributed by atoms with Crippen LogP contribution in [0, 0.1) is 11.6 Å². The maximum Gasteiger partial charge on any atom is 0.200 e. The second-order valence-electron chi connectivity index (χ2n) is 3.65. The van der Waals surface area contributed by atoms with E-state index < -0.39 is 29.6 Å². The minimum atomic E-state index is -1.52. The molecule has 0 saturated heterocycles. The second kappa shape index (κ2) is 6.12. The van der Waals surface area contributed by atoms with Gasteiger partial charge in [0.05, 0.1) is 6.10 Å². The van der Waals surface area contributed by atoms with Gasteiger partial charge in [-0.25, -0.2) is 4.39 Å². The summed E-state index contributed by atoms with van der Waals surface area (Å²) in [7, 11) is 0. The Morgan fingerprint density at radius 3 is 2.50 bits per heavy atom. The Morgan fingerprint density at radius 1 is 1.39 bits per heavy atom. The van der Waals surface area contributed by atoms with E-state index in [-0.39, 0.29) is 16.4 Å². The zero-order chi connectivity index (χ0) is 13.9. The van der Waals surface area contributed by atoms with Crippen LogP contribution in [0.3, 0.4) is 0 Å². The Balaban J connectivity index is 2.83. The van der Waals surface area contributed by atoms with E-state index >= 15 is 0 Å². The summed E-state index contributed by atoms with van der Waals surface area (Å²) >= 11 is 0.795.